The highest BCUT2D eigenvalue weighted by molar-refractivity contribution is 6.24. The molecule has 1 amide bonds. The highest BCUT2D eigenvalue weighted by Gasteiger charge is 2.52. The Hall–Kier alpha value is -3.31. The first-order valence-corrected chi connectivity index (χ1v) is 8.33. The Morgan fingerprint density at radius 2 is 1.48 bits per heavy atom. The third kappa shape index (κ3) is 7.68. The number of hydrogen-bond donors (Lipinski definition) is 1. The van der Waals surface area contributed by atoms with E-state index in [-0.39, 0.29) is 0 Å². The first kappa shape index (κ1) is 23.7. The molecule has 29 heavy (non-hydrogen) atoms. The lowest BCUT2D eigenvalue weighted by Crippen LogP contribution is -2.67. The van der Waals surface area contributed by atoms with Crippen LogP contribution in [-0.2, 0) is 47.7 Å². The quantitative estimate of drug-likeness (QED) is 0.169. The number of esters is 4. The fourth-order valence-corrected chi connectivity index (χ4v) is 2.57. The summed E-state index contributed by atoms with van der Waals surface area (Å²) in [5.74, 6) is -4.01. The van der Waals surface area contributed by atoms with Crippen LogP contribution in [0.4, 0.5) is 0 Å². The van der Waals surface area contributed by atoms with Crippen LogP contribution >= 0.6 is 0 Å². The van der Waals surface area contributed by atoms with Crippen LogP contribution < -0.4 is 5.32 Å². The number of carbonyl (C=O) groups excluding carboxylic acids is 5. The molecule has 1 saturated heterocycles. The molecule has 1 aliphatic rings. The Kier molecular flexibility index (Phi) is 8.90. The van der Waals surface area contributed by atoms with Crippen molar-refractivity contribution in [2.75, 3.05) is 6.61 Å². The van der Waals surface area contributed by atoms with Gasteiger partial charge in [0.2, 0.25) is 6.29 Å². The fourth-order valence-electron chi connectivity index (χ4n) is 2.57. The van der Waals surface area contributed by atoms with Gasteiger partial charge in [0.15, 0.2) is 12.2 Å². The number of carbonyl (C=O) groups is 5. The Balaban J connectivity index is 3.36. The van der Waals surface area contributed by atoms with E-state index >= 15 is 0 Å². The molecule has 0 aliphatic carbocycles. The molecule has 1 rings (SSSR count). The van der Waals surface area contributed by atoms with Crippen LogP contribution in [0.25, 0.3) is 5.53 Å². The van der Waals surface area contributed by atoms with E-state index < -0.39 is 67.0 Å². The van der Waals surface area contributed by atoms with E-state index in [1.165, 1.54) is 0 Å². The van der Waals surface area contributed by atoms with E-state index in [0.717, 1.165) is 27.7 Å². The van der Waals surface area contributed by atoms with Gasteiger partial charge in [0.05, 0.1) is 0 Å². The molecule has 13 heteroatoms. The van der Waals surface area contributed by atoms with Crippen LogP contribution in [0.1, 0.15) is 27.7 Å². The summed E-state index contributed by atoms with van der Waals surface area (Å²) in [5, 5.41) is 2.29. The summed E-state index contributed by atoms with van der Waals surface area (Å²) >= 11 is 0. The number of rotatable bonds is 7. The number of nitrogens with zero attached hydrogens (tertiary/aromatic N) is 2. The van der Waals surface area contributed by atoms with Gasteiger partial charge in [0, 0.05) is 27.7 Å². The van der Waals surface area contributed by atoms with Gasteiger partial charge < -0.3 is 34.5 Å². The minimum absolute atomic E-state index is 0.429. The van der Waals surface area contributed by atoms with Crippen LogP contribution in [0.5, 0.6) is 0 Å². The number of nitrogens with one attached hydrogen (secondary N) is 1. The van der Waals surface area contributed by atoms with Gasteiger partial charge in [-0.25, -0.2) is 0 Å². The molecule has 160 valence electrons. The highest BCUT2D eigenvalue weighted by atomic mass is 16.7. The lowest BCUT2D eigenvalue weighted by Gasteiger charge is -2.44. The highest BCUT2D eigenvalue weighted by Crippen LogP contribution is 2.28. The smallest absolute Gasteiger partial charge is 0.344 e. The van der Waals surface area contributed by atoms with Gasteiger partial charge in [-0.05, 0) is 0 Å². The fraction of sp³-hybridized carbons (Fsp3) is 0.625. The predicted molar refractivity (Wildman–Crippen MR) is 89.8 cm³/mol. The monoisotopic (exact) mass is 415 g/mol. The average molecular weight is 415 g/mol. The molecule has 5 atom stereocenters. The molecule has 13 nitrogen and oxygen atoms in total. The maximum Gasteiger partial charge on any atom is 0.344 e. The normalized spacial score (nSPS) is 25.6. The second-order valence-corrected chi connectivity index (χ2v) is 5.88. The van der Waals surface area contributed by atoms with Gasteiger partial charge >= 0.3 is 36.0 Å². The van der Waals surface area contributed by atoms with Crippen molar-refractivity contribution in [3.8, 4) is 0 Å². The van der Waals surface area contributed by atoms with Crippen molar-refractivity contribution >= 4 is 36.0 Å². The van der Waals surface area contributed by atoms with Gasteiger partial charge in [-0.1, -0.05) is 0 Å². The van der Waals surface area contributed by atoms with Crippen molar-refractivity contribution < 1.29 is 52.4 Å². The van der Waals surface area contributed by atoms with Gasteiger partial charge in [-0.2, -0.15) is 4.79 Å². The van der Waals surface area contributed by atoms with E-state index in [1.54, 1.807) is 0 Å². The van der Waals surface area contributed by atoms with E-state index in [2.05, 4.69) is 10.1 Å². The first-order valence-electron chi connectivity index (χ1n) is 8.33. The van der Waals surface area contributed by atoms with Gasteiger partial charge in [0.1, 0.15) is 18.8 Å². The SMILES string of the molecule is CC(=O)OC[C@H]1O[C@@H](OC(C)=O)[C@@H](NC(=O)C=[N+]=[N-])[C@@H](OC(C)=O)[C@@H]1OC(C)=O. The van der Waals surface area contributed by atoms with Crippen LogP contribution in [0.2, 0.25) is 0 Å². The van der Waals surface area contributed by atoms with Crippen molar-refractivity contribution in [3.63, 3.8) is 0 Å². The minimum Gasteiger partial charge on any atom is -0.463 e. The molecule has 0 aromatic heterocycles. The van der Waals surface area contributed by atoms with Crippen molar-refractivity contribution in [3.05, 3.63) is 5.53 Å². The Bertz CT molecular complexity index is 718. The zero-order valence-corrected chi connectivity index (χ0v) is 16.1. The van der Waals surface area contributed by atoms with Gasteiger partial charge in [-0.3, -0.25) is 24.0 Å². The Morgan fingerprint density at radius 1 is 0.931 bits per heavy atom. The largest absolute Gasteiger partial charge is 0.463 e. The molecule has 0 spiro atoms. The summed E-state index contributed by atoms with van der Waals surface area (Å²) in [6.07, 6.45) is -4.94. The zero-order valence-electron chi connectivity index (χ0n) is 16.1. The third-order valence-corrected chi connectivity index (χ3v) is 3.47. The van der Waals surface area contributed by atoms with E-state index in [0.29, 0.717) is 6.21 Å². The lowest BCUT2D eigenvalue weighted by atomic mass is 9.96. The molecule has 0 saturated carbocycles. The summed E-state index contributed by atoms with van der Waals surface area (Å²) in [5.41, 5.74) is 8.51. The van der Waals surface area contributed by atoms with Gasteiger partial charge in [0.25, 0.3) is 0 Å². The number of amides is 1. The first-order chi connectivity index (χ1) is 13.5. The molecular formula is C16H21N3O10. The van der Waals surface area contributed by atoms with Gasteiger partial charge in [-0.15, -0.1) is 0 Å². The molecule has 0 radical (unpaired) electrons. The summed E-state index contributed by atoms with van der Waals surface area (Å²) in [6.45, 7) is 3.92. The maximum atomic E-state index is 11.9. The van der Waals surface area contributed by atoms with Crippen molar-refractivity contribution in [1.29, 1.82) is 0 Å². The van der Waals surface area contributed by atoms with Crippen molar-refractivity contribution in [2.45, 2.75) is 58.3 Å². The summed E-state index contributed by atoms with van der Waals surface area (Å²) in [7, 11) is 0. The van der Waals surface area contributed by atoms with E-state index in [4.69, 9.17) is 29.2 Å². The standard InChI is InChI=1S/C16H21N3O10/c1-7(20)25-6-11-14(26-8(2)21)15(27-9(3)22)13(19-12(24)5-18-17)16(29-11)28-10(4)23/h5,11,13-16H,6H2,1-4H3,(H,19,24)/t11-,13+,14-,15-,16-/m1/s1. The van der Waals surface area contributed by atoms with Crippen LogP contribution in [0.3, 0.4) is 0 Å². The molecule has 1 heterocycles. The Morgan fingerprint density at radius 3 is 1.97 bits per heavy atom. The zero-order chi connectivity index (χ0) is 22.1. The van der Waals surface area contributed by atoms with Crippen LogP contribution in [0, 0.1) is 0 Å². The Labute approximate surface area is 165 Å². The molecule has 0 aromatic rings. The van der Waals surface area contributed by atoms with E-state index in [9.17, 15) is 24.0 Å². The number of hydrogen-bond acceptors (Lipinski definition) is 10. The minimum atomic E-state index is -1.51. The second kappa shape index (κ2) is 10.9. The topological polar surface area (TPSA) is 180 Å². The molecule has 0 unspecified atom stereocenters. The molecular weight excluding hydrogens is 394 g/mol. The average Bonchev–Trinajstić information content (AvgIpc) is 2.57. The maximum absolute atomic E-state index is 11.9. The lowest BCUT2D eigenvalue weighted by molar-refractivity contribution is -0.270. The molecule has 1 N–H and O–H groups in total. The van der Waals surface area contributed by atoms with Crippen LogP contribution in [-0.4, -0.2) is 78.0 Å². The predicted octanol–water partition coefficient (Wildman–Crippen LogP) is -1.51. The number of ether oxygens (including phenoxy) is 5. The third-order valence-electron chi connectivity index (χ3n) is 3.47. The summed E-state index contributed by atoms with van der Waals surface area (Å²) in [6, 6.07) is -1.36. The van der Waals surface area contributed by atoms with E-state index in [1.807, 2.05) is 0 Å². The van der Waals surface area contributed by atoms with Crippen molar-refractivity contribution in [2.24, 2.45) is 0 Å². The summed E-state index contributed by atoms with van der Waals surface area (Å²) < 4.78 is 25.8. The molecule has 1 fully saturated rings. The summed E-state index contributed by atoms with van der Waals surface area (Å²) in [4.78, 5) is 60.3. The molecule has 0 bridgehead atoms. The molecule has 1 aliphatic heterocycles. The molecule has 0 aromatic carbocycles. The van der Waals surface area contributed by atoms with Crippen LogP contribution in [0.15, 0.2) is 0 Å². The second-order valence-electron chi connectivity index (χ2n) is 5.88. The van der Waals surface area contributed by atoms with Crippen molar-refractivity contribution in [1.82, 2.24) is 5.32 Å².